The van der Waals surface area contributed by atoms with E-state index in [0.29, 0.717) is 0 Å². The van der Waals surface area contributed by atoms with Crippen LogP contribution < -0.4 is 0 Å². The topological polar surface area (TPSA) is 0 Å². The van der Waals surface area contributed by atoms with Crippen molar-refractivity contribution in [1.82, 2.24) is 0 Å². The van der Waals surface area contributed by atoms with E-state index in [1.54, 1.807) is 0 Å². The standard InChI is InChI=1S/C48H96/c1-3-5-7-9-11-13-15-17-19-21-23-25-27-29-31-33-35-37-39-41-43-45-47-48-46-44-42-40-38-36-34-32-30-28-26-24-22-20-18-16-14-12-10-8-6-4-2/h3H,1,4-48H2,2H3. The normalized spacial score (nSPS) is 11.5. The van der Waals surface area contributed by atoms with Gasteiger partial charge in [0.05, 0.1) is 0 Å². The van der Waals surface area contributed by atoms with E-state index in [9.17, 15) is 0 Å². The Hall–Kier alpha value is -0.260. The summed E-state index contributed by atoms with van der Waals surface area (Å²) in [6.45, 7) is 6.12. The van der Waals surface area contributed by atoms with Crippen LogP contribution in [0.1, 0.15) is 296 Å². The molecule has 0 saturated carbocycles. The average Bonchev–Trinajstić information content (AvgIpc) is 3.10. The van der Waals surface area contributed by atoms with Crippen molar-refractivity contribution in [2.75, 3.05) is 0 Å². The van der Waals surface area contributed by atoms with Crippen molar-refractivity contribution < 1.29 is 0 Å². The van der Waals surface area contributed by atoms with Crippen LogP contribution in [-0.4, -0.2) is 0 Å². The summed E-state index contributed by atoms with van der Waals surface area (Å²) in [6.07, 6.45) is 68.4. The first-order valence-electron chi connectivity index (χ1n) is 23.5. The molecule has 0 aromatic rings. The second-order valence-electron chi connectivity index (χ2n) is 16.3. The van der Waals surface area contributed by atoms with Crippen LogP contribution in [-0.2, 0) is 0 Å². The molecular weight excluding hydrogens is 577 g/mol. The van der Waals surface area contributed by atoms with E-state index in [-0.39, 0.29) is 0 Å². The van der Waals surface area contributed by atoms with Gasteiger partial charge in [0, 0.05) is 0 Å². The molecular formula is C48H96. The lowest BCUT2D eigenvalue weighted by Crippen LogP contribution is -1.85. The first kappa shape index (κ1) is 47.7. The summed E-state index contributed by atoms with van der Waals surface area (Å²) in [4.78, 5) is 0. The van der Waals surface area contributed by atoms with Gasteiger partial charge in [0.15, 0.2) is 0 Å². The first-order valence-corrected chi connectivity index (χ1v) is 23.5. The molecule has 0 aromatic heterocycles. The third kappa shape index (κ3) is 45.7. The minimum atomic E-state index is 1.21. The van der Waals surface area contributed by atoms with Crippen LogP contribution in [0, 0.1) is 0 Å². The van der Waals surface area contributed by atoms with Crippen LogP contribution in [0.25, 0.3) is 0 Å². The zero-order chi connectivity index (χ0) is 34.5. The molecule has 0 aliphatic heterocycles. The smallest absolute Gasteiger partial charge is 0.0353 e. The van der Waals surface area contributed by atoms with E-state index in [2.05, 4.69) is 19.6 Å². The summed E-state index contributed by atoms with van der Waals surface area (Å²) < 4.78 is 0. The van der Waals surface area contributed by atoms with Crippen LogP contribution in [0.2, 0.25) is 0 Å². The Bertz CT molecular complexity index is 534. The van der Waals surface area contributed by atoms with Gasteiger partial charge in [0.2, 0.25) is 0 Å². The van der Waals surface area contributed by atoms with Crippen molar-refractivity contribution in [3.8, 4) is 0 Å². The Balaban J connectivity index is 3.04. The van der Waals surface area contributed by atoms with E-state index in [4.69, 9.17) is 0 Å². The van der Waals surface area contributed by atoms with E-state index in [1.165, 1.54) is 289 Å². The zero-order valence-electron chi connectivity index (χ0n) is 34.1. The number of hydrogen-bond acceptors (Lipinski definition) is 0. The molecule has 0 radical (unpaired) electrons. The number of hydrogen-bond donors (Lipinski definition) is 0. The highest BCUT2D eigenvalue weighted by molar-refractivity contribution is 4.65. The van der Waals surface area contributed by atoms with Gasteiger partial charge in [0.25, 0.3) is 0 Å². The Morgan fingerprint density at radius 1 is 0.208 bits per heavy atom. The van der Waals surface area contributed by atoms with E-state index < -0.39 is 0 Å². The third-order valence-electron chi connectivity index (χ3n) is 11.3. The second-order valence-corrected chi connectivity index (χ2v) is 16.3. The van der Waals surface area contributed by atoms with Gasteiger partial charge < -0.3 is 0 Å². The molecule has 0 heteroatoms. The van der Waals surface area contributed by atoms with Crippen molar-refractivity contribution >= 4 is 0 Å². The molecule has 0 aliphatic rings. The Morgan fingerprint density at radius 2 is 0.333 bits per heavy atom. The second kappa shape index (κ2) is 46.7. The van der Waals surface area contributed by atoms with Gasteiger partial charge in [0.1, 0.15) is 0 Å². The molecule has 48 heavy (non-hydrogen) atoms. The molecule has 0 atom stereocenters. The highest BCUT2D eigenvalue weighted by atomic mass is 14.0. The van der Waals surface area contributed by atoms with Crippen LogP contribution in [0.3, 0.4) is 0 Å². The lowest BCUT2D eigenvalue weighted by atomic mass is 10.0. The average molecular weight is 673 g/mol. The third-order valence-corrected chi connectivity index (χ3v) is 11.3. The van der Waals surface area contributed by atoms with Crippen LogP contribution in [0.5, 0.6) is 0 Å². The monoisotopic (exact) mass is 673 g/mol. The van der Waals surface area contributed by atoms with Crippen molar-refractivity contribution in [3.63, 3.8) is 0 Å². The fourth-order valence-corrected chi connectivity index (χ4v) is 7.79. The van der Waals surface area contributed by atoms with E-state index in [1.807, 2.05) is 0 Å². The van der Waals surface area contributed by atoms with Crippen molar-refractivity contribution in [3.05, 3.63) is 12.7 Å². The zero-order valence-corrected chi connectivity index (χ0v) is 34.1. The summed E-state index contributed by atoms with van der Waals surface area (Å²) in [7, 11) is 0. The molecule has 0 unspecified atom stereocenters. The summed E-state index contributed by atoms with van der Waals surface area (Å²) in [5.74, 6) is 0. The minimum Gasteiger partial charge on any atom is -0.103 e. The first-order chi connectivity index (χ1) is 23.9. The van der Waals surface area contributed by atoms with Crippen molar-refractivity contribution in [1.29, 1.82) is 0 Å². The van der Waals surface area contributed by atoms with Crippen molar-refractivity contribution in [2.45, 2.75) is 296 Å². The maximum atomic E-state index is 3.81. The lowest BCUT2D eigenvalue weighted by molar-refractivity contribution is 0.508. The van der Waals surface area contributed by atoms with Gasteiger partial charge in [-0.3, -0.25) is 0 Å². The Morgan fingerprint density at radius 3 is 0.458 bits per heavy atom. The molecule has 288 valence electrons. The van der Waals surface area contributed by atoms with Gasteiger partial charge in [-0.15, -0.1) is 6.58 Å². The predicted molar refractivity (Wildman–Crippen MR) is 224 cm³/mol. The maximum Gasteiger partial charge on any atom is -0.0353 e. The number of allylic oxidation sites excluding steroid dienone is 1. The Kier molecular flexibility index (Phi) is 46.5. The molecule has 0 aliphatic carbocycles. The van der Waals surface area contributed by atoms with Gasteiger partial charge in [-0.2, -0.15) is 0 Å². The van der Waals surface area contributed by atoms with Gasteiger partial charge in [-0.05, 0) is 12.8 Å². The van der Waals surface area contributed by atoms with Gasteiger partial charge in [-0.25, -0.2) is 0 Å². The summed E-state index contributed by atoms with van der Waals surface area (Å²) in [5, 5.41) is 0. The SMILES string of the molecule is C=CCCCCCCCCCCCCCCCCCCCCCCCCCCCCCCCCCCCCCCCCCCCCCC. The molecule has 0 amide bonds. The number of rotatable bonds is 45. The van der Waals surface area contributed by atoms with Gasteiger partial charge in [-0.1, -0.05) is 289 Å². The van der Waals surface area contributed by atoms with Crippen molar-refractivity contribution in [2.24, 2.45) is 0 Å². The van der Waals surface area contributed by atoms with Crippen LogP contribution in [0.15, 0.2) is 12.7 Å². The largest absolute Gasteiger partial charge is 0.103 e. The fraction of sp³-hybridized carbons (Fsp3) is 0.958. The van der Waals surface area contributed by atoms with Crippen LogP contribution >= 0.6 is 0 Å². The quantitative estimate of drug-likeness (QED) is 0.0446. The highest BCUT2D eigenvalue weighted by Gasteiger charge is 1.98. The lowest BCUT2D eigenvalue weighted by Gasteiger charge is -2.05. The predicted octanol–water partition coefficient (Wildman–Crippen LogP) is 18.7. The maximum absolute atomic E-state index is 3.81. The molecule has 0 N–H and O–H groups in total. The van der Waals surface area contributed by atoms with E-state index in [0.717, 1.165) is 0 Å². The molecule has 0 spiro atoms. The fourth-order valence-electron chi connectivity index (χ4n) is 7.79. The van der Waals surface area contributed by atoms with E-state index >= 15 is 0 Å². The molecule has 0 saturated heterocycles. The summed E-state index contributed by atoms with van der Waals surface area (Å²) in [6, 6.07) is 0. The van der Waals surface area contributed by atoms with Gasteiger partial charge >= 0.3 is 0 Å². The summed E-state index contributed by atoms with van der Waals surface area (Å²) >= 11 is 0. The van der Waals surface area contributed by atoms with Crippen LogP contribution in [0.4, 0.5) is 0 Å². The summed E-state index contributed by atoms with van der Waals surface area (Å²) in [5.41, 5.74) is 0. The molecule has 0 nitrogen and oxygen atoms in total. The molecule has 0 fully saturated rings. The molecule has 0 aromatic carbocycles. The molecule has 0 heterocycles. The number of unbranched alkanes of at least 4 members (excludes halogenated alkanes) is 44. The minimum absolute atomic E-state index is 1.21. The molecule has 0 bridgehead atoms. The highest BCUT2D eigenvalue weighted by Crippen LogP contribution is 2.18. The molecule has 0 rings (SSSR count). The Labute approximate surface area is 307 Å².